The summed E-state index contributed by atoms with van der Waals surface area (Å²) >= 11 is 0. The third kappa shape index (κ3) is 3.29. The van der Waals surface area contributed by atoms with E-state index in [2.05, 4.69) is 15.7 Å². The van der Waals surface area contributed by atoms with Gasteiger partial charge in [-0.2, -0.15) is 0 Å². The Balaban J connectivity index is 2.04. The fourth-order valence-corrected chi connectivity index (χ4v) is 1.79. The summed E-state index contributed by atoms with van der Waals surface area (Å²) in [5.41, 5.74) is 5.87. The van der Waals surface area contributed by atoms with Gasteiger partial charge in [0, 0.05) is 30.2 Å². The average molecular weight is 256 g/mol. The summed E-state index contributed by atoms with van der Waals surface area (Å²) in [5, 5.41) is 2.88. The lowest BCUT2D eigenvalue weighted by atomic mass is 10.1. The zero-order valence-corrected chi connectivity index (χ0v) is 10.7. The number of nitrogens with two attached hydrogens (primary N) is 1. The molecule has 0 atom stereocenters. The highest BCUT2D eigenvalue weighted by atomic mass is 16.1. The molecule has 0 radical (unpaired) electrons. The van der Waals surface area contributed by atoms with Crippen molar-refractivity contribution in [1.82, 2.24) is 10.3 Å². The van der Waals surface area contributed by atoms with E-state index in [9.17, 15) is 4.79 Å². The number of nitrogen functional groups attached to an aromatic ring is 1. The van der Waals surface area contributed by atoms with Crippen LogP contribution in [0.2, 0.25) is 0 Å². The Kier molecular flexibility index (Phi) is 4.10. The minimum absolute atomic E-state index is 0.0992. The monoisotopic (exact) mass is 256 g/mol. The maximum Gasteiger partial charge on any atom is 0.251 e. The second kappa shape index (κ2) is 5.97. The molecule has 0 saturated carbocycles. The van der Waals surface area contributed by atoms with Crippen molar-refractivity contribution in [1.29, 1.82) is 0 Å². The fraction of sp³-hybridized carbons (Fsp3) is 0.143. The number of aryl methyl sites for hydroxylation is 1. The van der Waals surface area contributed by atoms with Gasteiger partial charge in [0.1, 0.15) is 0 Å². The second-order valence-corrected chi connectivity index (χ2v) is 4.21. The lowest BCUT2D eigenvalue weighted by Crippen LogP contribution is -2.23. The van der Waals surface area contributed by atoms with Crippen molar-refractivity contribution in [3.63, 3.8) is 0 Å². The Labute approximate surface area is 111 Å². The average Bonchev–Trinajstić information content (AvgIpc) is 2.45. The number of nitrogens with one attached hydrogen (secondary N) is 2. The van der Waals surface area contributed by atoms with Crippen molar-refractivity contribution in [3.05, 3.63) is 59.4 Å². The second-order valence-electron chi connectivity index (χ2n) is 4.21. The number of rotatable bonds is 4. The minimum Gasteiger partial charge on any atom is -0.348 e. The van der Waals surface area contributed by atoms with Crippen molar-refractivity contribution < 1.29 is 4.79 Å². The van der Waals surface area contributed by atoms with Crippen LogP contribution in [0.5, 0.6) is 0 Å². The van der Waals surface area contributed by atoms with Crippen molar-refractivity contribution in [2.75, 3.05) is 5.43 Å². The predicted octanol–water partition coefficient (Wildman–Crippen LogP) is 1.61. The molecule has 0 aliphatic carbocycles. The van der Waals surface area contributed by atoms with Crippen molar-refractivity contribution >= 4 is 11.6 Å². The molecule has 2 aromatic rings. The molecule has 0 spiro atoms. The quantitative estimate of drug-likeness (QED) is 0.573. The van der Waals surface area contributed by atoms with Crippen LogP contribution < -0.4 is 16.6 Å². The van der Waals surface area contributed by atoms with Crippen LogP contribution in [-0.4, -0.2) is 10.9 Å². The molecule has 1 aromatic carbocycles. The Bertz CT molecular complexity index is 569. The molecule has 5 nitrogen and oxygen atoms in total. The van der Waals surface area contributed by atoms with Crippen molar-refractivity contribution in [2.45, 2.75) is 13.5 Å². The van der Waals surface area contributed by atoms with E-state index in [1.165, 1.54) is 0 Å². The van der Waals surface area contributed by atoms with Gasteiger partial charge in [-0.3, -0.25) is 15.6 Å². The lowest BCUT2D eigenvalue weighted by Gasteiger charge is -2.09. The molecular formula is C14H16N4O. The third-order valence-corrected chi connectivity index (χ3v) is 2.84. The summed E-state index contributed by atoms with van der Waals surface area (Å²) in [6.07, 6.45) is 3.41. The summed E-state index contributed by atoms with van der Waals surface area (Å²) in [7, 11) is 0. The molecule has 98 valence electrons. The van der Waals surface area contributed by atoms with Gasteiger partial charge in [0.05, 0.1) is 0 Å². The molecule has 0 aliphatic heterocycles. The van der Waals surface area contributed by atoms with Crippen LogP contribution in [-0.2, 0) is 6.54 Å². The van der Waals surface area contributed by atoms with Crippen LogP contribution in [0, 0.1) is 6.92 Å². The lowest BCUT2D eigenvalue weighted by molar-refractivity contribution is 0.0950. The molecule has 19 heavy (non-hydrogen) atoms. The van der Waals surface area contributed by atoms with Gasteiger partial charge in [-0.25, -0.2) is 0 Å². The first-order valence-corrected chi connectivity index (χ1v) is 5.95. The van der Waals surface area contributed by atoms with Gasteiger partial charge in [0.15, 0.2) is 0 Å². The highest BCUT2D eigenvalue weighted by molar-refractivity contribution is 5.96. The van der Waals surface area contributed by atoms with E-state index in [0.29, 0.717) is 12.1 Å². The van der Waals surface area contributed by atoms with E-state index in [-0.39, 0.29) is 5.91 Å². The Morgan fingerprint density at radius 2 is 2.00 bits per heavy atom. The molecule has 4 N–H and O–H groups in total. The van der Waals surface area contributed by atoms with Gasteiger partial charge in [0.25, 0.3) is 5.91 Å². The van der Waals surface area contributed by atoms with E-state index in [1.807, 2.05) is 25.1 Å². The molecule has 1 amide bonds. The summed E-state index contributed by atoms with van der Waals surface area (Å²) in [5.74, 6) is 5.22. The molecule has 2 rings (SSSR count). The minimum atomic E-state index is -0.0992. The molecule has 0 saturated heterocycles. The number of pyridine rings is 1. The number of benzene rings is 1. The van der Waals surface area contributed by atoms with Crippen LogP contribution in [0.15, 0.2) is 42.7 Å². The van der Waals surface area contributed by atoms with E-state index >= 15 is 0 Å². The van der Waals surface area contributed by atoms with Gasteiger partial charge < -0.3 is 10.7 Å². The van der Waals surface area contributed by atoms with Crippen molar-refractivity contribution in [3.8, 4) is 0 Å². The van der Waals surface area contributed by atoms with Crippen LogP contribution >= 0.6 is 0 Å². The SMILES string of the molecule is Cc1cc(NN)ccc1C(=O)NCc1ccncc1. The molecule has 0 unspecified atom stereocenters. The standard InChI is InChI=1S/C14H16N4O/c1-10-8-12(18-15)2-3-13(10)14(19)17-9-11-4-6-16-7-5-11/h2-8,18H,9,15H2,1H3,(H,17,19). The summed E-state index contributed by atoms with van der Waals surface area (Å²) in [4.78, 5) is 16.0. The molecule has 0 bridgehead atoms. The van der Waals surface area contributed by atoms with Gasteiger partial charge in [0.2, 0.25) is 0 Å². The summed E-state index contributed by atoms with van der Waals surface area (Å²) in [6, 6.07) is 9.10. The number of hydrazine groups is 1. The molecule has 1 aromatic heterocycles. The number of carbonyl (C=O) groups is 1. The number of anilines is 1. The van der Waals surface area contributed by atoms with E-state index in [0.717, 1.165) is 16.8 Å². The number of aromatic nitrogens is 1. The Hall–Kier alpha value is -2.40. The number of carbonyl (C=O) groups excluding carboxylic acids is 1. The largest absolute Gasteiger partial charge is 0.348 e. The highest BCUT2D eigenvalue weighted by Crippen LogP contribution is 2.14. The molecule has 0 aliphatic rings. The normalized spacial score (nSPS) is 10.0. The molecular weight excluding hydrogens is 240 g/mol. The van der Waals surface area contributed by atoms with Crippen molar-refractivity contribution in [2.24, 2.45) is 5.84 Å². The smallest absolute Gasteiger partial charge is 0.251 e. The van der Waals surface area contributed by atoms with Crippen LogP contribution in [0.25, 0.3) is 0 Å². The highest BCUT2D eigenvalue weighted by Gasteiger charge is 2.08. The predicted molar refractivity (Wildman–Crippen MR) is 74.4 cm³/mol. The van der Waals surface area contributed by atoms with Crippen LogP contribution in [0.3, 0.4) is 0 Å². The van der Waals surface area contributed by atoms with Crippen LogP contribution in [0.1, 0.15) is 21.5 Å². The first-order chi connectivity index (χ1) is 9.20. The number of nitrogens with zero attached hydrogens (tertiary/aromatic N) is 1. The summed E-state index contributed by atoms with van der Waals surface area (Å²) in [6.45, 7) is 2.36. The third-order valence-electron chi connectivity index (χ3n) is 2.84. The number of hydrogen-bond acceptors (Lipinski definition) is 4. The summed E-state index contributed by atoms with van der Waals surface area (Å²) < 4.78 is 0. The maximum absolute atomic E-state index is 12.1. The fourth-order valence-electron chi connectivity index (χ4n) is 1.79. The van der Waals surface area contributed by atoms with Gasteiger partial charge in [-0.1, -0.05) is 0 Å². The van der Waals surface area contributed by atoms with Gasteiger partial charge >= 0.3 is 0 Å². The van der Waals surface area contributed by atoms with E-state index < -0.39 is 0 Å². The topological polar surface area (TPSA) is 80.0 Å². The Morgan fingerprint density at radius 1 is 1.26 bits per heavy atom. The number of hydrogen-bond donors (Lipinski definition) is 3. The number of amides is 1. The van der Waals surface area contributed by atoms with Crippen LogP contribution in [0.4, 0.5) is 5.69 Å². The Morgan fingerprint density at radius 3 is 2.63 bits per heavy atom. The first-order valence-electron chi connectivity index (χ1n) is 5.95. The van der Waals surface area contributed by atoms with Gasteiger partial charge in [-0.05, 0) is 48.4 Å². The molecule has 5 heteroatoms. The van der Waals surface area contributed by atoms with E-state index in [1.54, 1.807) is 24.5 Å². The molecule has 0 fully saturated rings. The zero-order valence-electron chi connectivity index (χ0n) is 10.7. The zero-order chi connectivity index (χ0) is 13.7. The first kappa shape index (κ1) is 13.0. The maximum atomic E-state index is 12.1. The van der Waals surface area contributed by atoms with Gasteiger partial charge in [-0.15, -0.1) is 0 Å². The molecule has 1 heterocycles. The van der Waals surface area contributed by atoms with E-state index in [4.69, 9.17) is 5.84 Å².